The summed E-state index contributed by atoms with van der Waals surface area (Å²) in [7, 11) is 0. The van der Waals surface area contributed by atoms with E-state index >= 15 is 0 Å². The van der Waals surface area contributed by atoms with Gasteiger partial charge in [0.25, 0.3) is 0 Å². The van der Waals surface area contributed by atoms with E-state index in [1.807, 2.05) is 19.2 Å². The summed E-state index contributed by atoms with van der Waals surface area (Å²) in [4.78, 5) is 4.33. The standard InChI is InChI=1S/C12H17N/c1-9(2)7-11-5-6-12(10(3)4)13-8-11/h5-6,8-9H,3,7H2,1-2,4H3. The van der Waals surface area contributed by atoms with E-state index in [0.717, 1.165) is 17.7 Å². The molecule has 0 N–H and O–H groups in total. The number of nitrogens with zero attached hydrogens (tertiary/aromatic N) is 1. The van der Waals surface area contributed by atoms with Gasteiger partial charge in [-0.05, 0) is 36.5 Å². The maximum absolute atomic E-state index is 4.33. The minimum atomic E-state index is 0.692. The molecule has 1 heteroatoms. The average Bonchev–Trinajstić information content (AvgIpc) is 2.04. The van der Waals surface area contributed by atoms with E-state index in [1.165, 1.54) is 5.56 Å². The van der Waals surface area contributed by atoms with Gasteiger partial charge < -0.3 is 0 Å². The average molecular weight is 175 g/mol. The second-order valence-electron chi connectivity index (χ2n) is 3.93. The monoisotopic (exact) mass is 175 g/mol. The van der Waals surface area contributed by atoms with Crippen molar-refractivity contribution in [3.63, 3.8) is 0 Å². The van der Waals surface area contributed by atoms with Crippen molar-refractivity contribution in [2.24, 2.45) is 5.92 Å². The first-order valence-corrected chi connectivity index (χ1v) is 4.70. The number of hydrogen-bond donors (Lipinski definition) is 0. The third kappa shape index (κ3) is 3.02. The van der Waals surface area contributed by atoms with Crippen LogP contribution in [0.4, 0.5) is 0 Å². The fourth-order valence-electron chi connectivity index (χ4n) is 1.27. The molecule has 0 amide bonds. The van der Waals surface area contributed by atoms with Gasteiger partial charge in [0.2, 0.25) is 0 Å². The SMILES string of the molecule is C=C(C)c1ccc(CC(C)C)cn1. The summed E-state index contributed by atoms with van der Waals surface area (Å²) in [6, 6.07) is 4.18. The molecule has 0 aliphatic heterocycles. The van der Waals surface area contributed by atoms with Gasteiger partial charge in [0.1, 0.15) is 0 Å². The Bertz CT molecular complexity index is 282. The highest BCUT2D eigenvalue weighted by Crippen LogP contribution is 2.11. The molecule has 0 atom stereocenters. The first-order valence-electron chi connectivity index (χ1n) is 4.70. The van der Waals surface area contributed by atoms with E-state index in [4.69, 9.17) is 0 Å². The number of allylic oxidation sites excluding steroid dienone is 1. The Labute approximate surface area is 80.5 Å². The number of rotatable bonds is 3. The quantitative estimate of drug-likeness (QED) is 0.686. The summed E-state index contributed by atoms with van der Waals surface area (Å²) in [6.45, 7) is 10.3. The molecule has 0 radical (unpaired) electrons. The Morgan fingerprint density at radius 1 is 1.46 bits per heavy atom. The molecule has 1 heterocycles. The molecule has 0 aliphatic rings. The van der Waals surface area contributed by atoms with Gasteiger partial charge in [-0.25, -0.2) is 0 Å². The highest BCUT2D eigenvalue weighted by molar-refractivity contribution is 5.57. The highest BCUT2D eigenvalue weighted by Gasteiger charge is 1.99. The Balaban J connectivity index is 2.75. The summed E-state index contributed by atoms with van der Waals surface area (Å²) in [5.41, 5.74) is 3.32. The van der Waals surface area contributed by atoms with Crippen LogP contribution in [-0.4, -0.2) is 4.98 Å². The first-order chi connectivity index (χ1) is 6.09. The first kappa shape index (κ1) is 9.97. The molecular weight excluding hydrogens is 158 g/mol. The molecule has 1 aromatic rings. The van der Waals surface area contributed by atoms with Crippen molar-refractivity contribution >= 4 is 5.57 Å². The van der Waals surface area contributed by atoms with Crippen molar-refractivity contribution in [1.29, 1.82) is 0 Å². The van der Waals surface area contributed by atoms with Gasteiger partial charge in [0.15, 0.2) is 0 Å². The molecule has 1 rings (SSSR count). The Kier molecular flexibility index (Phi) is 3.24. The summed E-state index contributed by atoms with van der Waals surface area (Å²) in [5.74, 6) is 0.692. The molecule has 0 bridgehead atoms. The third-order valence-electron chi connectivity index (χ3n) is 1.91. The highest BCUT2D eigenvalue weighted by atomic mass is 14.7. The maximum atomic E-state index is 4.33. The predicted molar refractivity (Wildman–Crippen MR) is 57.5 cm³/mol. The summed E-state index contributed by atoms with van der Waals surface area (Å²) >= 11 is 0. The van der Waals surface area contributed by atoms with Crippen LogP contribution in [0.1, 0.15) is 32.0 Å². The van der Waals surface area contributed by atoms with E-state index < -0.39 is 0 Å². The van der Waals surface area contributed by atoms with Gasteiger partial charge in [0.05, 0.1) is 5.69 Å². The fourth-order valence-corrected chi connectivity index (χ4v) is 1.27. The molecule has 1 aromatic heterocycles. The maximum Gasteiger partial charge on any atom is 0.0653 e. The van der Waals surface area contributed by atoms with Crippen LogP contribution in [0.25, 0.3) is 5.57 Å². The minimum absolute atomic E-state index is 0.692. The summed E-state index contributed by atoms with van der Waals surface area (Å²) in [5, 5.41) is 0. The predicted octanol–water partition coefficient (Wildman–Crippen LogP) is 3.31. The van der Waals surface area contributed by atoms with Crippen molar-refractivity contribution in [1.82, 2.24) is 4.98 Å². The largest absolute Gasteiger partial charge is 0.256 e. The van der Waals surface area contributed by atoms with E-state index in [-0.39, 0.29) is 0 Å². The van der Waals surface area contributed by atoms with Crippen LogP contribution in [0.3, 0.4) is 0 Å². The summed E-state index contributed by atoms with van der Waals surface area (Å²) < 4.78 is 0. The number of pyridine rings is 1. The summed E-state index contributed by atoms with van der Waals surface area (Å²) in [6.07, 6.45) is 3.05. The van der Waals surface area contributed by atoms with E-state index in [0.29, 0.717) is 5.92 Å². The van der Waals surface area contributed by atoms with Crippen molar-refractivity contribution in [2.75, 3.05) is 0 Å². The van der Waals surface area contributed by atoms with Gasteiger partial charge >= 0.3 is 0 Å². The Morgan fingerprint density at radius 3 is 2.54 bits per heavy atom. The van der Waals surface area contributed by atoms with Gasteiger partial charge in [0, 0.05) is 6.20 Å². The third-order valence-corrected chi connectivity index (χ3v) is 1.91. The molecule has 0 aromatic carbocycles. The van der Waals surface area contributed by atoms with Crippen LogP contribution in [0.5, 0.6) is 0 Å². The van der Waals surface area contributed by atoms with Crippen LogP contribution in [0.2, 0.25) is 0 Å². The lowest BCUT2D eigenvalue weighted by Crippen LogP contribution is -1.95. The fraction of sp³-hybridized carbons (Fsp3) is 0.417. The van der Waals surface area contributed by atoms with Crippen molar-refractivity contribution < 1.29 is 0 Å². The molecule has 0 fully saturated rings. The lowest BCUT2D eigenvalue weighted by atomic mass is 10.0. The minimum Gasteiger partial charge on any atom is -0.256 e. The molecule has 13 heavy (non-hydrogen) atoms. The molecular formula is C12H17N. The normalized spacial score (nSPS) is 10.5. The Hall–Kier alpha value is -1.11. The van der Waals surface area contributed by atoms with Crippen LogP contribution >= 0.6 is 0 Å². The number of hydrogen-bond acceptors (Lipinski definition) is 1. The zero-order chi connectivity index (χ0) is 9.84. The topological polar surface area (TPSA) is 12.9 Å². The zero-order valence-electron chi connectivity index (χ0n) is 8.67. The van der Waals surface area contributed by atoms with E-state index in [9.17, 15) is 0 Å². The molecule has 70 valence electrons. The van der Waals surface area contributed by atoms with Crippen molar-refractivity contribution in [3.8, 4) is 0 Å². The van der Waals surface area contributed by atoms with Crippen LogP contribution < -0.4 is 0 Å². The lowest BCUT2D eigenvalue weighted by molar-refractivity contribution is 0.645. The molecule has 0 unspecified atom stereocenters. The van der Waals surface area contributed by atoms with Crippen LogP contribution in [0.15, 0.2) is 24.9 Å². The molecule has 0 aliphatic carbocycles. The van der Waals surface area contributed by atoms with Gasteiger partial charge in [-0.3, -0.25) is 4.98 Å². The van der Waals surface area contributed by atoms with Gasteiger partial charge in [-0.15, -0.1) is 0 Å². The molecule has 0 saturated carbocycles. The lowest BCUT2D eigenvalue weighted by Gasteiger charge is -2.05. The number of aromatic nitrogens is 1. The smallest absolute Gasteiger partial charge is 0.0653 e. The van der Waals surface area contributed by atoms with Crippen molar-refractivity contribution in [3.05, 3.63) is 36.2 Å². The van der Waals surface area contributed by atoms with Crippen LogP contribution in [0, 0.1) is 5.92 Å². The van der Waals surface area contributed by atoms with Gasteiger partial charge in [-0.1, -0.05) is 26.5 Å². The van der Waals surface area contributed by atoms with Crippen LogP contribution in [-0.2, 0) is 6.42 Å². The second kappa shape index (κ2) is 4.22. The van der Waals surface area contributed by atoms with E-state index in [1.54, 1.807) is 0 Å². The second-order valence-corrected chi connectivity index (χ2v) is 3.93. The molecule has 0 spiro atoms. The Morgan fingerprint density at radius 2 is 2.15 bits per heavy atom. The van der Waals surface area contributed by atoms with Crippen molar-refractivity contribution in [2.45, 2.75) is 27.2 Å². The van der Waals surface area contributed by atoms with Gasteiger partial charge in [-0.2, -0.15) is 0 Å². The zero-order valence-corrected chi connectivity index (χ0v) is 8.67. The molecule has 1 nitrogen and oxygen atoms in total. The molecule has 0 saturated heterocycles. The van der Waals surface area contributed by atoms with E-state index in [2.05, 4.69) is 31.5 Å².